The largest absolute Gasteiger partial charge is 0.507 e. The number of aromatic hydroxyl groups is 1. The van der Waals surface area contributed by atoms with Crippen molar-refractivity contribution in [2.75, 3.05) is 0 Å². The standard InChI is InChI=1S/C12H8O3/c13-10-3-1-2-7-9(10)6-11-8(12(7)14)4-5-15-11/h1,3-6,14H,2H2. The second-order valence-corrected chi connectivity index (χ2v) is 3.55. The van der Waals surface area contributed by atoms with E-state index in [9.17, 15) is 9.90 Å². The molecule has 3 nitrogen and oxygen atoms in total. The van der Waals surface area contributed by atoms with Crippen LogP contribution in [0.4, 0.5) is 0 Å². The minimum Gasteiger partial charge on any atom is -0.507 e. The smallest absolute Gasteiger partial charge is 0.186 e. The Morgan fingerprint density at radius 3 is 3.13 bits per heavy atom. The summed E-state index contributed by atoms with van der Waals surface area (Å²) in [5, 5.41) is 10.6. The van der Waals surface area contributed by atoms with Crippen LogP contribution in [0.2, 0.25) is 0 Å². The van der Waals surface area contributed by atoms with Gasteiger partial charge in [-0.2, -0.15) is 0 Å². The monoisotopic (exact) mass is 200 g/mol. The molecule has 74 valence electrons. The van der Waals surface area contributed by atoms with Crippen molar-refractivity contribution in [2.24, 2.45) is 0 Å². The Kier molecular flexibility index (Phi) is 1.51. The molecule has 0 saturated carbocycles. The molecule has 1 aromatic heterocycles. The summed E-state index contributed by atoms with van der Waals surface area (Å²) in [6.07, 6.45) is 5.38. The van der Waals surface area contributed by atoms with E-state index >= 15 is 0 Å². The minimum absolute atomic E-state index is 0.0788. The van der Waals surface area contributed by atoms with Crippen molar-refractivity contribution in [3.63, 3.8) is 0 Å². The molecule has 0 bridgehead atoms. The molecule has 1 heterocycles. The maximum Gasteiger partial charge on any atom is 0.186 e. The molecule has 15 heavy (non-hydrogen) atoms. The number of hydrogen-bond donors (Lipinski definition) is 1. The third kappa shape index (κ3) is 1.03. The van der Waals surface area contributed by atoms with Gasteiger partial charge in [0.05, 0.1) is 11.6 Å². The van der Waals surface area contributed by atoms with Crippen LogP contribution >= 0.6 is 0 Å². The van der Waals surface area contributed by atoms with E-state index in [2.05, 4.69) is 0 Å². The van der Waals surface area contributed by atoms with E-state index in [1.165, 1.54) is 12.3 Å². The minimum atomic E-state index is -0.0788. The Balaban J connectivity index is 2.43. The number of carbonyl (C=O) groups is 1. The number of benzene rings is 1. The van der Waals surface area contributed by atoms with Gasteiger partial charge in [0.2, 0.25) is 0 Å². The normalized spacial score (nSPS) is 14.5. The lowest BCUT2D eigenvalue weighted by Gasteiger charge is -2.11. The second kappa shape index (κ2) is 2.73. The zero-order valence-electron chi connectivity index (χ0n) is 7.86. The molecule has 1 aliphatic carbocycles. The number of carbonyl (C=O) groups excluding carboxylic acids is 1. The average Bonchev–Trinajstić information content (AvgIpc) is 2.68. The number of hydrogen-bond acceptors (Lipinski definition) is 3. The molecule has 0 radical (unpaired) electrons. The Morgan fingerprint density at radius 2 is 2.27 bits per heavy atom. The summed E-state index contributed by atoms with van der Waals surface area (Å²) in [5.41, 5.74) is 1.78. The Hall–Kier alpha value is -2.03. The molecular formula is C12H8O3. The first-order valence-electron chi connectivity index (χ1n) is 4.70. The molecule has 0 aliphatic heterocycles. The molecule has 3 rings (SSSR count). The number of ketones is 1. The fourth-order valence-corrected chi connectivity index (χ4v) is 1.94. The van der Waals surface area contributed by atoms with Crippen molar-refractivity contribution in [3.05, 3.63) is 41.7 Å². The summed E-state index contributed by atoms with van der Waals surface area (Å²) in [5.74, 6) is 0.0822. The van der Waals surface area contributed by atoms with Crippen molar-refractivity contribution < 1.29 is 14.3 Å². The number of rotatable bonds is 0. The predicted molar refractivity (Wildman–Crippen MR) is 55.1 cm³/mol. The Morgan fingerprint density at radius 1 is 1.40 bits per heavy atom. The number of phenols is 1. The summed E-state index contributed by atoms with van der Waals surface area (Å²) in [4.78, 5) is 11.6. The third-order valence-corrected chi connectivity index (χ3v) is 2.69. The molecule has 0 spiro atoms. The van der Waals surface area contributed by atoms with Gasteiger partial charge in [-0.15, -0.1) is 0 Å². The van der Waals surface area contributed by atoms with Crippen LogP contribution in [0.25, 0.3) is 11.0 Å². The topological polar surface area (TPSA) is 50.4 Å². The summed E-state index contributed by atoms with van der Waals surface area (Å²) in [7, 11) is 0. The van der Waals surface area contributed by atoms with E-state index in [0.717, 1.165) is 0 Å². The van der Waals surface area contributed by atoms with Gasteiger partial charge in [0.1, 0.15) is 11.3 Å². The first kappa shape index (κ1) is 8.29. The zero-order chi connectivity index (χ0) is 10.4. The Bertz CT molecular complexity index is 590. The van der Waals surface area contributed by atoms with Crippen LogP contribution < -0.4 is 0 Å². The highest BCUT2D eigenvalue weighted by molar-refractivity contribution is 6.09. The van der Waals surface area contributed by atoms with Crippen LogP contribution in [0, 0.1) is 0 Å². The van der Waals surface area contributed by atoms with Crippen LogP contribution in [0.3, 0.4) is 0 Å². The van der Waals surface area contributed by atoms with Gasteiger partial charge in [-0.05, 0) is 24.6 Å². The van der Waals surface area contributed by atoms with E-state index in [1.807, 2.05) is 0 Å². The van der Waals surface area contributed by atoms with E-state index in [0.29, 0.717) is 28.5 Å². The van der Waals surface area contributed by atoms with Crippen LogP contribution in [0.5, 0.6) is 5.75 Å². The van der Waals surface area contributed by atoms with E-state index in [-0.39, 0.29) is 11.5 Å². The fraction of sp³-hybridized carbons (Fsp3) is 0.0833. The summed E-state index contributed by atoms with van der Waals surface area (Å²) >= 11 is 0. The lowest BCUT2D eigenvalue weighted by molar-refractivity contribution is 0.104. The molecular weight excluding hydrogens is 192 g/mol. The molecule has 0 amide bonds. The highest BCUT2D eigenvalue weighted by Gasteiger charge is 2.19. The molecule has 1 aromatic carbocycles. The quantitative estimate of drug-likeness (QED) is 0.710. The highest BCUT2D eigenvalue weighted by atomic mass is 16.3. The van der Waals surface area contributed by atoms with E-state index in [4.69, 9.17) is 4.42 Å². The van der Waals surface area contributed by atoms with Gasteiger partial charge in [0.25, 0.3) is 0 Å². The van der Waals surface area contributed by atoms with Crippen molar-refractivity contribution in [3.8, 4) is 5.75 Å². The predicted octanol–water partition coefficient (Wildman–Crippen LogP) is 2.43. The van der Waals surface area contributed by atoms with Gasteiger partial charge in [-0.25, -0.2) is 0 Å². The van der Waals surface area contributed by atoms with Gasteiger partial charge in [-0.1, -0.05) is 6.08 Å². The summed E-state index contributed by atoms with van der Waals surface area (Å²) < 4.78 is 5.18. The summed E-state index contributed by atoms with van der Waals surface area (Å²) in [6, 6.07) is 3.39. The maximum atomic E-state index is 11.6. The molecule has 0 atom stereocenters. The van der Waals surface area contributed by atoms with Gasteiger partial charge in [-0.3, -0.25) is 4.79 Å². The molecule has 0 fully saturated rings. The number of furan rings is 1. The first-order valence-corrected chi connectivity index (χ1v) is 4.70. The van der Waals surface area contributed by atoms with Crippen LogP contribution in [-0.4, -0.2) is 10.9 Å². The average molecular weight is 200 g/mol. The summed E-state index contributed by atoms with van der Waals surface area (Å²) in [6.45, 7) is 0. The highest BCUT2D eigenvalue weighted by Crippen LogP contribution is 2.34. The van der Waals surface area contributed by atoms with Crippen LogP contribution in [0.1, 0.15) is 15.9 Å². The van der Waals surface area contributed by atoms with Crippen molar-refractivity contribution >= 4 is 16.8 Å². The zero-order valence-corrected chi connectivity index (χ0v) is 7.86. The number of fused-ring (bicyclic) bond motifs is 2. The van der Waals surface area contributed by atoms with E-state index < -0.39 is 0 Å². The molecule has 1 aliphatic rings. The number of allylic oxidation sites excluding steroid dienone is 2. The van der Waals surface area contributed by atoms with Crippen LogP contribution in [-0.2, 0) is 6.42 Å². The first-order chi connectivity index (χ1) is 7.27. The molecule has 0 saturated heterocycles. The van der Waals surface area contributed by atoms with Crippen molar-refractivity contribution in [2.45, 2.75) is 6.42 Å². The molecule has 2 aromatic rings. The third-order valence-electron chi connectivity index (χ3n) is 2.69. The van der Waals surface area contributed by atoms with Gasteiger partial charge >= 0.3 is 0 Å². The molecule has 0 unspecified atom stereocenters. The fourth-order valence-electron chi connectivity index (χ4n) is 1.94. The second-order valence-electron chi connectivity index (χ2n) is 3.55. The lowest BCUT2D eigenvalue weighted by Crippen LogP contribution is -2.05. The van der Waals surface area contributed by atoms with Gasteiger partial charge in [0.15, 0.2) is 5.78 Å². The molecule has 3 heteroatoms. The molecule has 1 N–H and O–H groups in total. The van der Waals surface area contributed by atoms with Gasteiger partial charge < -0.3 is 9.52 Å². The van der Waals surface area contributed by atoms with E-state index in [1.54, 1.807) is 18.2 Å². The lowest BCUT2D eigenvalue weighted by atomic mass is 9.93. The number of phenolic OH excluding ortho intramolecular Hbond substituents is 1. The Labute approximate surface area is 85.6 Å². The van der Waals surface area contributed by atoms with Crippen LogP contribution in [0.15, 0.2) is 35.0 Å². The van der Waals surface area contributed by atoms with Crippen molar-refractivity contribution in [1.29, 1.82) is 0 Å². The maximum absolute atomic E-state index is 11.6. The SMILES string of the molecule is O=C1C=CCc2c1cc1occc1c2O. The van der Waals surface area contributed by atoms with Crippen molar-refractivity contribution in [1.82, 2.24) is 0 Å². The van der Waals surface area contributed by atoms with Gasteiger partial charge in [0, 0.05) is 11.1 Å².